The summed E-state index contributed by atoms with van der Waals surface area (Å²) in [5, 5.41) is 15.3. The fourth-order valence-corrected chi connectivity index (χ4v) is 6.88. The predicted octanol–water partition coefficient (Wildman–Crippen LogP) is 0.708. The molecule has 0 radical (unpaired) electrons. The van der Waals surface area contributed by atoms with Crippen LogP contribution < -0.4 is 10.1 Å². The minimum atomic E-state index is -0.646. The second kappa shape index (κ2) is 26.8. The maximum absolute atomic E-state index is 13.7. The number of allylic oxidation sites excluding steroid dienone is 1. The first-order valence-electron chi connectivity index (χ1n) is 21.8. The number of hydrogen-bond donors (Lipinski definition) is 1. The number of fused-ring (bicyclic) bond motifs is 1. The van der Waals surface area contributed by atoms with Crippen molar-refractivity contribution in [2.75, 3.05) is 120 Å². The molecule has 22 nitrogen and oxygen atoms in total. The van der Waals surface area contributed by atoms with Crippen LogP contribution in [0.2, 0.25) is 0 Å². The molecule has 1 fully saturated rings. The van der Waals surface area contributed by atoms with Crippen LogP contribution in [0.4, 0.5) is 0 Å². The van der Waals surface area contributed by atoms with Crippen LogP contribution in [0.3, 0.4) is 0 Å². The van der Waals surface area contributed by atoms with Gasteiger partial charge in [0.2, 0.25) is 5.91 Å². The molecule has 22 heteroatoms. The fraction of sp³-hybridized carbons (Fsp3) is 0.523. The number of nitrogens with zero attached hydrogens (tertiary/aromatic N) is 9. The number of rotatable bonds is 30. The number of nitrogens with one attached hydrogen (secondary N) is 1. The summed E-state index contributed by atoms with van der Waals surface area (Å²) in [6, 6.07) is 8.99. The quantitative estimate of drug-likeness (QED) is 0.0560. The number of hydrogen-bond acceptors (Lipinski definition) is 17. The van der Waals surface area contributed by atoms with Crippen molar-refractivity contribution in [1.29, 1.82) is 0 Å². The number of pyridine rings is 1. The molecule has 6 rings (SSSR count). The standard InChI is InChI=1S/C44H58N10O12/c1-45-39(55)10-16-60-18-20-63-24-26-65-30-34-29-53(50-48-34)15-17-61-19-21-62-22-23-64-25-27-66-31-38-47-32-54(49-38)42-36-9-8-35(40(36)37(59-2)28-46-42)41(56)44(58)52-13-11-51(12-14-52)43(57)33-6-4-3-5-7-33/h3-8,28-29,32H,9-27,30-31H2,1-2H3,(H,45,55). The van der Waals surface area contributed by atoms with Crippen LogP contribution in [0.25, 0.3) is 11.4 Å². The van der Waals surface area contributed by atoms with Gasteiger partial charge in [0.25, 0.3) is 17.6 Å². The molecule has 0 saturated carbocycles. The van der Waals surface area contributed by atoms with Crippen molar-refractivity contribution in [3.63, 3.8) is 0 Å². The molecule has 0 unspecified atom stereocenters. The zero-order valence-corrected chi connectivity index (χ0v) is 37.5. The van der Waals surface area contributed by atoms with Crippen LogP contribution in [0.1, 0.15) is 39.4 Å². The van der Waals surface area contributed by atoms with Crippen LogP contribution in [0, 0.1) is 0 Å². The Bertz CT molecular complexity index is 2190. The van der Waals surface area contributed by atoms with Gasteiger partial charge in [-0.05, 0) is 18.6 Å². The first-order chi connectivity index (χ1) is 32.4. The lowest BCUT2D eigenvalue weighted by Gasteiger charge is -2.34. The Kier molecular flexibility index (Phi) is 20.1. The topological polar surface area (TPSA) is 235 Å². The minimum absolute atomic E-state index is 0.0558. The van der Waals surface area contributed by atoms with E-state index in [1.807, 2.05) is 24.4 Å². The zero-order valence-electron chi connectivity index (χ0n) is 37.5. The Balaban J connectivity index is 0.793. The van der Waals surface area contributed by atoms with E-state index in [0.717, 1.165) is 0 Å². The molecule has 0 bridgehead atoms. The normalized spacial score (nSPS) is 13.5. The molecule has 3 amide bonds. The van der Waals surface area contributed by atoms with E-state index in [1.54, 1.807) is 34.8 Å². The molecule has 1 N–H and O–H groups in total. The molecule has 3 aromatic heterocycles. The molecule has 1 aliphatic heterocycles. The summed E-state index contributed by atoms with van der Waals surface area (Å²) in [7, 11) is 3.08. The maximum Gasteiger partial charge on any atom is 0.295 e. The second-order valence-corrected chi connectivity index (χ2v) is 14.8. The van der Waals surface area contributed by atoms with E-state index in [2.05, 4.69) is 30.7 Å². The maximum atomic E-state index is 13.7. The lowest BCUT2D eigenvalue weighted by Crippen LogP contribution is -2.52. The molecular formula is C44H58N10O12. The molecular weight excluding hydrogens is 861 g/mol. The second-order valence-electron chi connectivity index (χ2n) is 14.8. The molecule has 1 saturated heterocycles. The Morgan fingerprint density at radius 1 is 0.727 bits per heavy atom. The van der Waals surface area contributed by atoms with Gasteiger partial charge < -0.3 is 53.0 Å². The van der Waals surface area contributed by atoms with Gasteiger partial charge in [-0.3, -0.25) is 19.2 Å². The number of aromatic nitrogens is 7. The summed E-state index contributed by atoms with van der Waals surface area (Å²) < 4.78 is 47.7. The van der Waals surface area contributed by atoms with E-state index < -0.39 is 11.7 Å². The van der Waals surface area contributed by atoms with Gasteiger partial charge in [0.1, 0.15) is 24.4 Å². The van der Waals surface area contributed by atoms with Gasteiger partial charge in [-0.1, -0.05) is 29.5 Å². The van der Waals surface area contributed by atoms with Gasteiger partial charge in [-0.2, -0.15) is 0 Å². The molecule has 0 atom stereocenters. The molecule has 66 heavy (non-hydrogen) atoms. The van der Waals surface area contributed by atoms with Gasteiger partial charge in [-0.25, -0.2) is 19.3 Å². The van der Waals surface area contributed by atoms with E-state index in [4.69, 9.17) is 37.9 Å². The van der Waals surface area contributed by atoms with Crippen LogP contribution in [-0.2, 0) is 73.7 Å². The van der Waals surface area contributed by atoms with E-state index in [0.29, 0.717) is 158 Å². The SMILES string of the molecule is CNC(=O)CCOCCOCCOCc1cn(CCOCCOCCOCCOCc2ncn(-c3ncc(OC)c4c3CC=C4C(=O)C(=O)N3CCN(C(=O)c4ccccc4)CC3)n2)nn1. The van der Waals surface area contributed by atoms with E-state index in [9.17, 15) is 19.2 Å². The number of amides is 3. The third kappa shape index (κ3) is 14.8. The summed E-state index contributed by atoms with van der Waals surface area (Å²) in [6.07, 6.45) is 7.22. The van der Waals surface area contributed by atoms with Crippen molar-refractivity contribution < 1.29 is 57.1 Å². The van der Waals surface area contributed by atoms with Gasteiger partial charge in [0.15, 0.2) is 11.6 Å². The highest BCUT2D eigenvalue weighted by molar-refractivity contribution is 6.54. The Morgan fingerprint density at radius 2 is 1.35 bits per heavy atom. The molecule has 4 aromatic rings. The van der Waals surface area contributed by atoms with Crippen LogP contribution >= 0.6 is 0 Å². The molecule has 1 aliphatic carbocycles. The largest absolute Gasteiger partial charge is 0.494 e. The molecule has 2 aliphatic rings. The number of methoxy groups -OCH3 is 1. The van der Waals surface area contributed by atoms with Gasteiger partial charge >= 0.3 is 0 Å². The number of piperazine rings is 1. The molecule has 0 spiro atoms. The van der Waals surface area contributed by atoms with Gasteiger partial charge in [0, 0.05) is 61.9 Å². The van der Waals surface area contributed by atoms with Crippen molar-refractivity contribution in [3.05, 3.63) is 83.3 Å². The number of carbonyl (C=O) groups excluding carboxylic acids is 4. The summed E-state index contributed by atoms with van der Waals surface area (Å²) in [5.74, 6) is -0.181. The van der Waals surface area contributed by atoms with Crippen LogP contribution in [-0.4, -0.2) is 188 Å². The van der Waals surface area contributed by atoms with Crippen molar-refractivity contribution in [3.8, 4) is 11.6 Å². The highest BCUT2D eigenvalue weighted by Gasteiger charge is 2.35. The van der Waals surface area contributed by atoms with Crippen LogP contribution in [0.15, 0.2) is 55.1 Å². The van der Waals surface area contributed by atoms with Crippen molar-refractivity contribution in [1.82, 2.24) is 49.9 Å². The third-order valence-electron chi connectivity index (χ3n) is 10.3. The monoisotopic (exact) mass is 918 g/mol. The summed E-state index contributed by atoms with van der Waals surface area (Å²) in [5.41, 5.74) is 2.72. The Labute approximate surface area is 382 Å². The Morgan fingerprint density at radius 3 is 2.02 bits per heavy atom. The average molecular weight is 919 g/mol. The van der Waals surface area contributed by atoms with E-state index >= 15 is 0 Å². The number of ketones is 1. The first kappa shape index (κ1) is 49.4. The summed E-state index contributed by atoms with van der Waals surface area (Å²) in [6.45, 7) is 6.98. The third-order valence-corrected chi connectivity index (χ3v) is 10.3. The average Bonchev–Trinajstić information content (AvgIpc) is 4.14. The molecule has 4 heterocycles. The Hall–Kier alpha value is -6.01. The highest BCUT2D eigenvalue weighted by atomic mass is 16.6. The van der Waals surface area contributed by atoms with E-state index in [-0.39, 0.29) is 37.1 Å². The summed E-state index contributed by atoms with van der Waals surface area (Å²) in [4.78, 5) is 63.2. The van der Waals surface area contributed by atoms with Gasteiger partial charge in [-0.15, -0.1) is 10.2 Å². The summed E-state index contributed by atoms with van der Waals surface area (Å²) >= 11 is 0. The van der Waals surface area contributed by atoms with Crippen molar-refractivity contribution in [2.24, 2.45) is 0 Å². The fourth-order valence-electron chi connectivity index (χ4n) is 6.88. The number of Topliss-reactive ketones (excluding diaryl/α,β-unsaturated/α-hetero) is 1. The lowest BCUT2D eigenvalue weighted by atomic mass is 10.0. The number of ether oxygens (including phenoxy) is 8. The van der Waals surface area contributed by atoms with Crippen molar-refractivity contribution in [2.45, 2.75) is 32.6 Å². The predicted molar refractivity (Wildman–Crippen MR) is 233 cm³/mol. The minimum Gasteiger partial charge on any atom is -0.494 e. The number of carbonyl (C=O) groups is 4. The van der Waals surface area contributed by atoms with Crippen molar-refractivity contribution >= 4 is 29.1 Å². The lowest BCUT2D eigenvalue weighted by molar-refractivity contribution is -0.142. The molecule has 356 valence electrons. The number of benzene rings is 1. The smallest absolute Gasteiger partial charge is 0.295 e. The van der Waals surface area contributed by atoms with E-state index in [1.165, 1.54) is 29.2 Å². The highest BCUT2D eigenvalue weighted by Crippen LogP contribution is 2.38. The molecule has 1 aromatic carbocycles. The van der Waals surface area contributed by atoms with Gasteiger partial charge in [0.05, 0.1) is 112 Å². The zero-order chi connectivity index (χ0) is 46.4. The first-order valence-corrected chi connectivity index (χ1v) is 21.8. The van der Waals surface area contributed by atoms with Crippen LogP contribution in [0.5, 0.6) is 5.75 Å².